The maximum atomic E-state index is 13.4. The van der Waals surface area contributed by atoms with Crippen LogP contribution < -0.4 is 0 Å². The summed E-state index contributed by atoms with van der Waals surface area (Å²) in [6.45, 7) is 6.52. The van der Waals surface area contributed by atoms with Crippen molar-refractivity contribution < 1.29 is 22.4 Å². The number of ketones is 1. The molecular formula is C26H30F4O. The molecule has 1 atom stereocenters. The molecule has 0 aliphatic heterocycles. The largest absolute Gasteiger partial charge is 0.419 e. The fourth-order valence-electron chi connectivity index (χ4n) is 3.75. The van der Waals surface area contributed by atoms with Gasteiger partial charge < -0.3 is 0 Å². The highest BCUT2D eigenvalue weighted by Gasteiger charge is 2.34. The first-order valence-electron chi connectivity index (χ1n) is 10.8. The SMILES string of the molecule is CCCC(CC/C=C\C(=O)c1ccc(F)c(C(F)(F)F)c1)c1cccc(CC(C)C)c1. The minimum absolute atomic E-state index is 0.170. The number of benzene rings is 2. The molecule has 2 rings (SSSR count). The van der Waals surface area contributed by atoms with E-state index in [1.165, 1.54) is 17.2 Å². The summed E-state index contributed by atoms with van der Waals surface area (Å²) in [6, 6.07) is 11.0. The van der Waals surface area contributed by atoms with Crippen LogP contribution in [0.4, 0.5) is 17.6 Å². The Morgan fingerprint density at radius 2 is 1.81 bits per heavy atom. The van der Waals surface area contributed by atoms with Gasteiger partial charge in [0.05, 0.1) is 5.56 Å². The average Bonchev–Trinajstić information content (AvgIpc) is 2.69. The highest BCUT2D eigenvalue weighted by atomic mass is 19.4. The zero-order valence-electron chi connectivity index (χ0n) is 18.3. The average molecular weight is 435 g/mol. The van der Waals surface area contributed by atoms with Crippen LogP contribution in [0.1, 0.15) is 79.4 Å². The molecule has 0 aromatic heterocycles. The Balaban J connectivity index is 2.04. The molecule has 0 aliphatic rings. The number of hydrogen-bond donors (Lipinski definition) is 0. The van der Waals surface area contributed by atoms with Crippen molar-refractivity contribution in [2.24, 2.45) is 5.92 Å². The minimum Gasteiger partial charge on any atom is -0.289 e. The Morgan fingerprint density at radius 3 is 2.45 bits per heavy atom. The first kappa shape index (κ1) is 24.8. The highest BCUT2D eigenvalue weighted by molar-refractivity contribution is 6.04. The quantitative estimate of drug-likeness (QED) is 0.209. The lowest BCUT2D eigenvalue weighted by atomic mass is 9.88. The van der Waals surface area contributed by atoms with Crippen LogP contribution in [0, 0.1) is 11.7 Å². The summed E-state index contributed by atoms with van der Waals surface area (Å²) in [4.78, 5) is 12.2. The summed E-state index contributed by atoms with van der Waals surface area (Å²) in [5.74, 6) is -0.996. The van der Waals surface area contributed by atoms with Crippen LogP contribution in [0.2, 0.25) is 0 Å². The van der Waals surface area contributed by atoms with Gasteiger partial charge in [0.25, 0.3) is 0 Å². The van der Waals surface area contributed by atoms with Crippen molar-refractivity contribution in [2.75, 3.05) is 0 Å². The van der Waals surface area contributed by atoms with Gasteiger partial charge in [0, 0.05) is 5.56 Å². The van der Waals surface area contributed by atoms with Gasteiger partial charge in [-0.3, -0.25) is 4.79 Å². The third-order valence-corrected chi connectivity index (χ3v) is 5.21. The van der Waals surface area contributed by atoms with Gasteiger partial charge in [0.1, 0.15) is 5.82 Å². The number of carbonyl (C=O) groups excluding carboxylic acids is 1. The highest BCUT2D eigenvalue weighted by Crippen LogP contribution is 2.32. The monoisotopic (exact) mass is 434 g/mol. The Kier molecular flexibility index (Phi) is 9.02. The molecule has 5 heteroatoms. The van der Waals surface area contributed by atoms with Gasteiger partial charge in [-0.25, -0.2) is 4.39 Å². The van der Waals surface area contributed by atoms with Crippen molar-refractivity contribution >= 4 is 5.78 Å². The molecule has 0 heterocycles. The number of carbonyl (C=O) groups is 1. The molecule has 0 fully saturated rings. The predicted octanol–water partition coefficient (Wildman–Crippen LogP) is 8.15. The molecule has 0 spiro atoms. The van der Waals surface area contributed by atoms with Gasteiger partial charge in [-0.05, 0) is 72.9 Å². The molecule has 0 saturated carbocycles. The maximum absolute atomic E-state index is 13.4. The van der Waals surface area contributed by atoms with E-state index in [4.69, 9.17) is 0 Å². The van der Waals surface area contributed by atoms with Crippen LogP contribution >= 0.6 is 0 Å². The Labute approximate surface area is 182 Å². The maximum Gasteiger partial charge on any atom is 0.419 e. The number of rotatable bonds is 10. The van der Waals surface area contributed by atoms with Gasteiger partial charge >= 0.3 is 6.18 Å². The van der Waals surface area contributed by atoms with E-state index in [-0.39, 0.29) is 5.56 Å². The molecule has 2 aromatic carbocycles. The fourth-order valence-corrected chi connectivity index (χ4v) is 3.75. The van der Waals surface area contributed by atoms with Crippen LogP contribution in [0.3, 0.4) is 0 Å². The summed E-state index contributed by atoms with van der Waals surface area (Å²) >= 11 is 0. The standard InChI is InChI=1S/C26H30F4O/c1-4-8-20(21-11-7-9-19(16-21)15-18(2)3)10-5-6-12-25(31)22-13-14-24(27)23(17-22)26(28,29)30/h6-7,9,11-14,16-18,20H,4-5,8,10,15H2,1-3H3/b12-6-. The van der Waals surface area contributed by atoms with Crippen LogP contribution in [-0.4, -0.2) is 5.78 Å². The molecule has 0 bridgehead atoms. The van der Waals surface area contributed by atoms with Crippen molar-refractivity contribution in [1.29, 1.82) is 0 Å². The second-order valence-electron chi connectivity index (χ2n) is 8.36. The first-order chi connectivity index (χ1) is 14.6. The third kappa shape index (κ3) is 7.64. The zero-order chi connectivity index (χ0) is 23.0. The molecular weight excluding hydrogens is 404 g/mol. The lowest BCUT2D eigenvalue weighted by molar-refractivity contribution is -0.140. The third-order valence-electron chi connectivity index (χ3n) is 5.21. The van der Waals surface area contributed by atoms with Gasteiger partial charge in [0.15, 0.2) is 5.78 Å². The topological polar surface area (TPSA) is 17.1 Å². The van der Waals surface area contributed by atoms with Crippen molar-refractivity contribution in [3.8, 4) is 0 Å². The Hall–Kier alpha value is -2.43. The normalized spacial score (nSPS) is 13.2. The Bertz CT molecular complexity index is 897. The molecule has 2 aromatic rings. The summed E-state index contributed by atoms with van der Waals surface area (Å²) < 4.78 is 52.0. The van der Waals surface area contributed by atoms with Crippen molar-refractivity contribution in [3.05, 3.63) is 82.7 Å². The first-order valence-corrected chi connectivity index (χ1v) is 10.8. The van der Waals surface area contributed by atoms with E-state index < -0.39 is 23.3 Å². The molecule has 1 unspecified atom stereocenters. The molecule has 1 nitrogen and oxygen atoms in total. The molecule has 0 aliphatic carbocycles. The van der Waals surface area contributed by atoms with Crippen LogP contribution in [-0.2, 0) is 12.6 Å². The van der Waals surface area contributed by atoms with E-state index in [2.05, 4.69) is 45.0 Å². The van der Waals surface area contributed by atoms with Crippen LogP contribution in [0.15, 0.2) is 54.6 Å². The van der Waals surface area contributed by atoms with Crippen molar-refractivity contribution in [3.63, 3.8) is 0 Å². The fraction of sp³-hybridized carbons (Fsp3) is 0.423. The molecule has 0 radical (unpaired) electrons. The van der Waals surface area contributed by atoms with Gasteiger partial charge in [0.2, 0.25) is 0 Å². The second kappa shape index (κ2) is 11.3. The summed E-state index contributed by atoms with van der Waals surface area (Å²) in [5.41, 5.74) is 1.01. The molecule has 0 N–H and O–H groups in total. The number of allylic oxidation sites excluding steroid dienone is 2. The lowest BCUT2D eigenvalue weighted by Gasteiger charge is -2.17. The van der Waals surface area contributed by atoms with Crippen LogP contribution in [0.5, 0.6) is 0 Å². The number of hydrogen-bond acceptors (Lipinski definition) is 1. The van der Waals surface area contributed by atoms with Gasteiger partial charge in [-0.2, -0.15) is 13.2 Å². The molecule has 168 valence electrons. The van der Waals surface area contributed by atoms with Gasteiger partial charge in [-0.1, -0.05) is 57.5 Å². The second-order valence-corrected chi connectivity index (χ2v) is 8.36. The molecule has 0 saturated heterocycles. The molecule has 0 amide bonds. The lowest BCUT2D eigenvalue weighted by Crippen LogP contribution is -2.10. The van der Waals surface area contributed by atoms with Gasteiger partial charge in [-0.15, -0.1) is 0 Å². The van der Waals surface area contributed by atoms with E-state index >= 15 is 0 Å². The van der Waals surface area contributed by atoms with Crippen LogP contribution in [0.25, 0.3) is 0 Å². The van der Waals surface area contributed by atoms with Crippen molar-refractivity contribution in [2.45, 2.75) is 65.0 Å². The summed E-state index contributed by atoms with van der Waals surface area (Å²) in [7, 11) is 0. The predicted molar refractivity (Wildman–Crippen MR) is 117 cm³/mol. The van der Waals surface area contributed by atoms with Crippen molar-refractivity contribution in [1.82, 2.24) is 0 Å². The van der Waals surface area contributed by atoms with E-state index in [1.807, 2.05) is 0 Å². The smallest absolute Gasteiger partial charge is 0.289 e. The minimum atomic E-state index is -4.83. The van der Waals surface area contributed by atoms with E-state index in [0.717, 1.165) is 31.7 Å². The molecule has 31 heavy (non-hydrogen) atoms. The summed E-state index contributed by atoms with van der Waals surface area (Å²) in [6.07, 6.45) is 2.72. The number of alkyl halides is 3. The zero-order valence-corrected chi connectivity index (χ0v) is 18.3. The van der Waals surface area contributed by atoms with E-state index in [1.54, 1.807) is 6.08 Å². The van der Waals surface area contributed by atoms with E-state index in [9.17, 15) is 22.4 Å². The number of halogens is 4. The Morgan fingerprint density at radius 1 is 1.06 bits per heavy atom. The van der Waals surface area contributed by atoms with E-state index in [0.29, 0.717) is 30.4 Å². The summed E-state index contributed by atoms with van der Waals surface area (Å²) in [5, 5.41) is 0.